The topological polar surface area (TPSA) is 48.0 Å². The Morgan fingerprint density at radius 2 is 2.31 bits per heavy atom. The molecule has 0 saturated carbocycles. The number of aliphatic hydroxyl groups excluding tert-OH is 1. The van der Waals surface area contributed by atoms with Crippen molar-refractivity contribution in [3.8, 4) is 0 Å². The summed E-state index contributed by atoms with van der Waals surface area (Å²) in [7, 11) is 0. The van der Waals surface area contributed by atoms with Crippen LogP contribution in [0.25, 0.3) is 0 Å². The maximum absolute atomic E-state index is 9.07. The molecule has 74 valence electrons. The molecule has 1 atom stereocenters. The van der Waals surface area contributed by atoms with E-state index >= 15 is 0 Å². The molecule has 1 rings (SSSR count). The van der Waals surface area contributed by atoms with Crippen LogP contribution in [0.5, 0.6) is 0 Å². The van der Waals surface area contributed by atoms with E-state index in [2.05, 4.69) is 24.1 Å². The molecule has 1 aromatic rings. The van der Waals surface area contributed by atoms with Crippen molar-refractivity contribution in [3.05, 3.63) is 18.3 Å². The number of aromatic nitrogens is 1. The summed E-state index contributed by atoms with van der Waals surface area (Å²) < 4.78 is 0. The number of rotatable bonds is 5. The van der Waals surface area contributed by atoms with Crippen molar-refractivity contribution in [2.75, 3.05) is 18.5 Å². The van der Waals surface area contributed by atoms with Crippen LogP contribution in [-0.4, -0.2) is 23.2 Å². The predicted molar refractivity (Wildman–Crippen MR) is 54.7 cm³/mol. The van der Waals surface area contributed by atoms with Crippen LogP contribution in [0.4, 0.5) is 5.82 Å². The van der Waals surface area contributed by atoms with Crippen LogP contribution in [-0.2, 0) is 0 Å². The van der Waals surface area contributed by atoms with Gasteiger partial charge in [0.1, 0.15) is 5.82 Å². The summed E-state index contributed by atoms with van der Waals surface area (Å²) in [6, 6.07) is 3.93. The molecule has 1 heterocycles. The quantitative estimate of drug-likeness (QED) is 0.649. The Labute approximate surface area is 79.2 Å². The van der Waals surface area contributed by atoms with Crippen molar-refractivity contribution in [1.29, 1.82) is 0 Å². The van der Waals surface area contributed by atoms with E-state index in [0.29, 0.717) is 11.8 Å². The molecular formula is C10H18N2O. The van der Waals surface area contributed by atoms with Gasteiger partial charge in [0, 0.05) is 25.3 Å². The number of nitrogens with one attached hydrogen (secondary N) is 2. The Kier molecular flexibility index (Phi) is 3.83. The van der Waals surface area contributed by atoms with Crippen LogP contribution in [0.15, 0.2) is 18.3 Å². The highest BCUT2D eigenvalue weighted by atomic mass is 16.3. The van der Waals surface area contributed by atoms with Gasteiger partial charge in [-0.15, -0.1) is 0 Å². The second-order valence-electron chi connectivity index (χ2n) is 3.65. The van der Waals surface area contributed by atoms with Gasteiger partial charge < -0.3 is 15.4 Å². The van der Waals surface area contributed by atoms with Crippen molar-refractivity contribution in [2.24, 2.45) is 11.8 Å². The molecule has 0 bridgehead atoms. The van der Waals surface area contributed by atoms with E-state index in [-0.39, 0.29) is 6.61 Å². The highest BCUT2D eigenvalue weighted by molar-refractivity contribution is 5.33. The molecule has 0 aromatic carbocycles. The summed E-state index contributed by atoms with van der Waals surface area (Å²) in [6.45, 7) is 5.30. The number of anilines is 1. The van der Waals surface area contributed by atoms with Gasteiger partial charge in [-0.1, -0.05) is 13.8 Å². The second-order valence-corrected chi connectivity index (χ2v) is 3.65. The van der Waals surface area contributed by atoms with E-state index in [0.717, 1.165) is 12.4 Å². The van der Waals surface area contributed by atoms with Crippen molar-refractivity contribution >= 4 is 5.82 Å². The maximum Gasteiger partial charge on any atom is 0.103 e. The molecule has 0 aliphatic rings. The molecule has 13 heavy (non-hydrogen) atoms. The fraction of sp³-hybridized carbons (Fsp3) is 0.600. The van der Waals surface area contributed by atoms with Crippen molar-refractivity contribution in [3.63, 3.8) is 0 Å². The minimum atomic E-state index is 0.241. The number of hydrogen-bond donors (Lipinski definition) is 3. The molecule has 0 radical (unpaired) electrons. The molecule has 1 unspecified atom stereocenters. The van der Waals surface area contributed by atoms with Gasteiger partial charge in [-0.3, -0.25) is 0 Å². The summed E-state index contributed by atoms with van der Waals surface area (Å²) in [5, 5.41) is 12.3. The average molecular weight is 182 g/mol. The molecule has 0 amide bonds. The summed E-state index contributed by atoms with van der Waals surface area (Å²) in [5.41, 5.74) is 0. The van der Waals surface area contributed by atoms with Crippen LogP contribution in [0.1, 0.15) is 13.8 Å². The van der Waals surface area contributed by atoms with Crippen LogP contribution >= 0.6 is 0 Å². The molecule has 3 heteroatoms. The zero-order chi connectivity index (χ0) is 9.68. The average Bonchev–Trinajstić information content (AvgIpc) is 2.57. The number of aromatic amines is 1. The van der Waals surface area contributed by atoms with Gasteiger partial charge in [0.05, 0.1) is 0 Å². The van der Waals surface area contributed by atoms with Gasteiger partial charge >= 0.3 is 0 Å². The molecule has 0 fully saturated rings. The zero-order valence-electron chi connectivity index (χ0n) is 8.25. The smallest absolute Gasteiger partial charge is 0.103 e. The molecular weight excluding hydrogens is 164 g/mol. The molecule has 1 aromatic heterocycles. The molecule has 0 aliphatic heterocycles. The van der Waals surface area contributed by atoms with Gasteiger partial charge in [0.2, 0.25) is 0 Å². The third kappa shape index (κ3) is 3.11. The Balaban J connectivity index is 2.32. The number of hydrogen-bond acceptors (Lipinski definition) is 2. The molecule has 3 N–H and O–H groups in total. The fourth-order valence-electron chi connectivity index (χ4n) is 1.19. The first-order valence-corrected chi connectivity index (χ1v) is 4.72. The Hall–Kier alpha value is -0.960. The Morgan fingerprint density at radius 1 is 1.54 bits per heavy atom. The summed E-state index contributed by atoms with van der Waals surface area (Å²) >= 11 is 0. The minimum absolute atomic E-state index is 0.241. The molecule has 0 aliphatic carbocycles. The van der Waals surface area contributed by atoms with Crippen molar-refractivity contribution in [2.45, 2.75) is 13.8 Å². The standard InChI is InChI=1S/C10H18N2O/c1-8(2)9(7-13)6-12-10-4-3-5-11-10/h3-5,8-9,11-13H,6-7H2,1-2H3. The Morgan fingerprint density at radius 3 is 2.77 bits per heavy atom. The zero-order valence-corrected chi connectivity index (χ0v) is 8.25. The second kappa shape index (κ2) is 4.92. The van der Waals surface area contributed by atoms with Crippen LogP contribution in [0.2, 0.25) is 0 Å². The highest BCUT2D eigenvalue weighted by Crippen LogP contribution is 2.11. The first-order chi connectivity index (χ1) is 6.24. The van der Waals surface area contributed by atoms with E-state index in [4.69, 9.17) is 5.11 Å². The lowest BCUT2D eigenvalue weighted by molar-refractivity contribution is 0.198. The van der Waals surface area contributed by atoms with Crippen LogP contribution in [0, 0.1) is 11.8 Å². The summed E-state index contributed by atoms with van der Waals surface area (Å²) in [5.74, 6) is 1.84. The fourth-order valence-corrected chi connectivity index (χ4v) is 1.19. The molecule has 3 nitrogen and oxygen atoms in total. The highest BCUT2D eigenvalue weighted by Gasteiger charge is 2.11. The lowest BCUT2D eigenvalue weighted by atomic mass is 9.97. The first kappa shape index (κ1) is 10.1. The lowest BCUT2D eigenvalue weighted by Crippen LogP contribution is -2.23. The third-order valence-electron chi connectivity index (χ3n) is 2.33. The van der Waals surface area contributed by atoms with Gasteiger partial charge in [0.25, 0.3) is 0 Å². The van der Waals surface area contributed by atoms with E-state index in [1.54, 1.807) is 0 Å². The van der Waals surface area contributed by atoms with E-state index < -0.39 is 0 Å². The van der Waals surface area contributed by atoms with Crippen LogP contribution < -0.4 is 5.32 Å². The third-order valence-corrected chi connectivity index (χ3v) is 2.33. The van der Waals surface area contributed by atoms with E-state index in [1.807, 2.05) is 18.3 Å². The van der Waals surface area contributed by atoms with Crippen molar-refractivity contribution in [1.82, 2.24) is 4.98 Å². The SMILES string of the molecule is CC(C)C(CO)CNc1ccc[nH]1. The predicted octanol–water partition coefficient (Wildman–Crippen LogP) is 1.69. The summed E-state index contributed by atoms with van der Waals surface area (Å²) in [4.78, 5) is 3.06. The van der Waals surface area contributed by atoms with Crippen LogP contribution in [0.3, 0.4) is 0 Å². The number of H-pyrrole nitrogens is 1. The van der Waals surface area contributed by atoms with Gasteiger partial charge in [-0.2, -0.15) is 0 Å². The van der Waals surface area contributed by atoms with Crippen molar-refractivity contribution < 1.29 is 5.11 Å². The normalized spacial score (nSPS) is 13.2. The van der Waals surface area contributed by atoms with Gasteiger partial charge in [-0.05, 0) is 18.1 Å². The van der Waals surface area contributed by atoms with E-state index in [9.17, 15) is 0 Å². The first-order valence-electron chi connectivity index (χ1n) is 4.72. The van der Waals surface area contributed by atoms with Gasteiger partial charge in [-0.25, -0.2) is 0 Å². The molecule has 0 saturated heterocycles. The number of aliphatic hydroxyl groups is 1. The minimum Gasteiger partial charge on any atom is -0.396 e. The van der Waals surface area contributed by atoms with E-state index in [1.165, 1.54) is 0 Å². The monoisotopic (exact) mass is 182 g/mol. The maximum atomic E-state index is 9.07. The largest absolute Gasteiger partial charge is 0.396 e. The molecule has 0 spiro atoms. The summed E-state index contributed by atoms with van der Waals surface area (Å²) in [6.07, 6.45) is 1.88. The Bertz CT molecular complexity index is 219. The van der Waals surface area contributed by atoms with Gasteiger partial charge in [0.15, 0.2) is 0 Å². The lowest BCUT2D eigenvalue weighted by Gasteiger charge is -2.18.